The standard InChI is InChI=1S/C12H22N2/c1-9(2)14-11-6-12(14)8-13(7-11)10-4-3-5-10/h9-12H,3-8H2,1-2H3. The Morgan fingerprint density at radius 3 is 2.07 bits per heavy atom. The number of piperidine rings is 1. The molecule has 2 atom stereocenters. The van der Waals surface area contributed by atoms with E-state index >= 15 is 0 Å². The normalized spacial score (nSPS) is 39.6. The zero-order valence-electron chi connectivity index (χ0n) is 9.45. The lowest BCUT2D eigenvalue weighted by Crippen LogP contribution is -2.71. The van der Waals surface area contributed by atoms with Crippen molar-refractivity contribution in [1.82, 2.24) is 9.80 Å². The number of piperazine rings is 1. The highest BCUT2D eigenvalue weighted by Gasteiger charge is 2.47. The molecular weight excluding hydrogens is 172 g/mol. The van der Waals surface area contributed by atoms with E-state index in [0.717, 1.165) is 24.2 Å². The van der Waals surface area contributed by atoms with E-state index in [4.69, 9.17) is 0 Å². The second-order valence-electron chi connectivity index (χ2n) is 5.62. The summed E-state index contributed by atoms with van der Waals surface area (Å²) in [5.41, 5.74) is 0. The molecule has 0 aromatic heterocycles. The second kappa shape index (κ2) is 3.21. The lowest BCUT2D eigenvalue weighted by Gasteiger charge is -2.60. The molecule has 3 saturated heterocycles. The summed E-state index contributed by atoms with van der Waals surface area (Å²) in [6, 6.07) is 3.53. The number of hydrogen-bond acceptors (Lipinski definition) is 2. The molecule has 4 fully saturated rings. The smallest absolute Gasteiger partial charge is 0.0244 e. The SMILES string of the molecule is CC(C)N1C2CC1CN(C1CCC1)C2. The zero-order valence-corrected chi connectivity index (χ0v) is 9.45. The van der Waals surface area contributed by atoms with Crippen molar-refractivity contribution in [1.29, 1.82) is 0 Å². The van der Waals surface area contributed by atoms with Crippen molar-refractivity contribution in [3.8, 4) is 0 Å². The summed E-state index contributed by atoms with van der Waals surface area (Å²) >= 11 is 0. The van der Waals surface area contributed by atoms with Crippen molar-refractivity contribution in [2.24, 2.45) is 0 Å². The minimum absolute atomic E-state index is 0.766. The molecule has 80 valence electrons. The molecule has 1 aliphatic carbocycles. The maximum absolute atomic E-state index is 2.77. The molecule has 0 radical (unpaired) electrons. The largest absolute Gasteiger partial charge is 0.297 e. The van der Waals surface area contributed by atoms with Crippen LogP contribution in [0.1, 0.15) is 39.5 Å². The van der Waals surface area contributed by atoms with Gasteiger partial charge in [-0.2, -0.15) is 0 Å². The first-order valence-corrected chi connectivity index (χ1v) is 6.27. The number of rotatable bonds is 2. The van der Waals surface area contributed by atoms with Crippen LogP contribution < -0.4 is 0 Å². The molecule has 3 heterocycles. The lowest BCUT2D eigenvalue weighted by atomic mass is 9.82. The summed E-state index contributed by atoms with van der Waals surface area (Å²) in [6.07, 6.45) is 5.90. The maximum Gasteiger partial charge on any atom is 0.0244 e. The Bertz CT molecular complexity index is 210. The average molecular weight is 194 g/mol. The highest BCUT2D eigenvalue weighted by molar-refractivity contribution is 5.03. The van der Waals surface area contributed by atoms with Gasteiger partial charge in [-0.1, -0.05) is 6.42 Å². The first-order valence-electron chi connectivity index (χ1n) is 6.27. The van der Waals surface area contributed by atoms with E-state index in [1.165, 1.54) is 38.8 Å². The monoisotopic (exact) mass is 194 g/mol. The number of nitrogens with zero attached hydrogens (tertiary/aromatic N) is 2. The van der Waals surface area contributed by atoms with Gasteiger partial charge in [-0.05, 0) is 33.1 Å². The van der Waals surface area contributed by atoms with Crippen LogP contribution in [0.25, 0.3) is 0 Å². The van der Waals surface area contributed by atoms with Gasteiger partial charge in [0.1, 0.15) is 0 Å². The van der Waals surface area contributed by atoms with Crippen LogP contribution in [0, 0.1) is 0 Å². The molecule has 0 N–H and O–H groups in total. The molecule has 3 aliphatic heterocycles. The van der Waals surface area contributed by atoms with Crippen LogP contribution >= 0.6 is 0 Å². The molecule has 0 spiro atoms. The van der Waals surface area contributed by atoms with Crippen LogP contribution in [0.3, 0.4) is 0 Å². The van der Waals surface area contributed by atoms with Crippen LogP contribution in [0.4, 0.5) is 0 Å². The molecule has 2 unspecified atom stereocenters. The van der Waals surface area contributed by atoms with E-state index in [2.05, 4.69) is 23.6 Å². The van der Waals surface area contributed by atoms with Crippen molar-refractivity contribution in [3.05, 3.63) is 0 Å². The highest BCUT2D eigenvalue weighted by Crippen LogP contribution is 2.37. The molecule has 14 heavy (non-hydrogen) atoms. The summed E-state index contributed by atoms with van der Waals surface area (Å²) in [5.74, 6) is 0. The molecule has 4 aliphatic rings. The van der Waals surface area contributed by atoms with Gasteiger partial charge >= 0.3 is 0 Å². The van der Waals surface area contributed by atoms with E-state index in [0.29, 0.717) is 0 Å². The van der Waals surface area contributed by atoms with Gasteiger partial charge in [0.15, 0.2) is 0 Å². The fourth-order valence-electron chi connectivity index (χ4n) is 3.56. The van der Waals surface area contributed by atoms with Crippen molar-refractivity contribution >= 4 is 0 Å². The van der Waals surface area contributed by atoms with Crippen LogP contribution in [0.5, 0.6) is 0 Å². The summed E-state index contributed by atoms with van der Waals surface area (Å²) < 4.78 is 0. The summed E-state index contributed by atoms with van der Waals surface area (Å²) in [4.78, 5) is 5.50. The summed E-state index contributed by atoms with van der Waals surface area (Å²) in [6.45, 7) is 7.41. The molecular formula is C12H22N2. The Balaban J connectivity index is 1.61. The van der Waals surface area contributed by atoms with Crippen LogP contribution in [-0.2, 0) is 0 Å². The van der Waals surface area contributed by atoms with Gasteiger partial charge in [-0.15, -0.1) is 0 Å². The van der Waals surface area contributed by atoms with Crippen molar-refractivity contribution in [2.45, 2.75) is 63.7 Å². The van der Waals surface area contributed by atoms with Crippen LogP contribution in [0.2, 0.25) is 0 Å². The second-order valence-corrected chi connectivity index (χ2v) is 5.62. The van der Waals surface area contributed by atoms with Crippen molar-refractivity contribution in [3.63, 3.8) is 0 Å². The Kier molecular flexibility index (Phi) is 2.10. The van der Waals surface area contributed by atoms with E-state index < -0.39 is 0 Å². The number of hydrogen-bond donors (Lipinski definition) is 0. The average Bonchev–Trinajstić information content (AvgIpc) is 1.99. The van der Waals surface area contributed by atoms with Crippen LogP contribution in [-0.4, -0.2) is 47.1 Å². The lowest BCUT2D eigenvalue weighted by molar-refractivity contribution is -0.107. The van der Waals surface area contributed by atoms with Crippen molar-refractivity contribution < 1.29 is 0 Å². The Hall–Kier alpha value is -0.0800. The fraction of sp³-hybridized carbons (Fsp3) is 1.00. The minimum Gasteiger partial charge on any atom is -0.297 e. The minimum atomic E-state index is 0.766. The third-order valence-electron chi connectivity index (χ3n) is 4.47. The van der Waals surface area contributed by atoms with Crippen LogP contribution in [0.15, 0.2) is 0 Å². The highest BCUT2D eigenvalue weighted by atomic mass is 15.4. The molecule has 0 aromatic carbocycles. The van der Waals surface area contributed by atoms with Crippen molar-refractivity contribution in [2.75, 3.05) is 13.1 Å². The first-order chi connectivity index (χ1) is 6.75. The third kappa shape index (κ3) is 1.24. The summed E-state index contributed by atoms with van der Waals surface area (Å²) in [7, 11) is 0. The Morgan fingerprint density at radius 2 is 1.64 bits per heavy atom. The Morgan fingerprint density at radius 1 is 1.00 bits per heavy atom. The van der Waals surface area contributed by atoms with E-state index in [9.17, 15) is 0 Å². The zero-order chi connectivity index (χ0) is 9.71. The van der Waals surface area contributed by atoms with E-state index in [-0.39, 0.29) is 0 Å². The van der Waals surface area contributed by atoms with Gasteiger partial charge < -0.3 is 0 Å². The molecule has 1 saturated carbocycles. The maximum atomic E-state index is 2.77. The van der Waals surface area contributed by atoms with Gasteiger partial charge in [-0.25, -0.2) is 0 Å². The molecule has 2 bridgehead atoms. The van der Waals surface area contributed by atoms with Gasteiger partial charge in [0, 0.05) is 37.3 Å². The first kappa shape index (κ1) is 9.17. The van der Waals surface area contributed by atoms with Gasteiger partial charge in [0.2, 0.25) is 0 Å². The van der Waals surface area contributed by atoms with Gasteiger partial charge in [-0.3, -0.25) is 9.80 Å². The quantitative estimate of drug-likeness (QED) is 0.660. The topological polar surface area (TPSA) is 6.48 Å². The predicted octanol–water partition coefficient (Wildman–Crippen LogP) is 1.71. The van der Waals surface area contributed by atoms with E-state index in [1.807, 2.05) is 0 Å². The molecule has 0 aromatic rings. The predicted molar refractivity (Wildman–Crippen MR) is 58.4 cm³/mol. The summed E-state index contributed by atoms with van der Waals surface area (Å²) in [5, 5.41) is 0. The van der Waals surface area contributed by atoms with Gasteiger partial charge in [0.25, 0.3) is 0 Å². The molecule has 4 rings (SSSR count). The third-order valence-corrected chi connectivity index (χ3v) is 4.47. The Labute approximate surface area is 87.3 Å². The van der Waals surface area contributed by atoms with Gasteiger partial charge in [0.05, 0.1) is 0 Å². The molecule has 2 heteroatoms. The molecule has 2 nitrogen and oxygen atoms in total. The fourth-order valence-corrected chi connectivity index (χ4v) is 3.56. The number of fused-ring (bicyclic) bond motifs is 2. The molecule has 0 amide bonds. The van der Waals surface area contributed by atoms with E-state index in [1.54, 1.807) is 0 Å².